The minimum absolute atomic E-state index is 0.0623. The van der Waals surface area contributed by atoms with Gasteiger partial charge in [0.1, 0.15) is 11.3 Å². The van der Waals surface area contributed by atoms with Crippen molar-refractivity contribution in [3.63, 3.8) is 0 Å². The number of nitrogens with one attached hydrogen (secondary N) is 1. The molecule has 3 heterocycles. The van der Waals surface area contributed by atoms with Crippen LogP contribution in [0.1, 0.15) is 35.9 Å². The second-order valence-corrected chi connectivity index (χ2v) is 6.30. The number of rotatable bonds is 5. The van der Waals surface area contributed by atoms with Crippen LogP contribution < -0.4 is 11.2 Å². The van der Waals surface area contributed by atoms with E-state index in [0.717, 1.165) is 10.8 Å². The maximum Gasteiger partial charge on any atom is 0.328 e. The van der Waals surface area contributed by atoms with E-state index in [0.29, 0.717) is 38.3 Å². The fourth-order valence-electron chi connectivity index (χ4n) is 3.12. The number of hydrogen-bond donors (Lipinski definition) is 1. The molecule has 2 aromatic rings. The van der Waals surface area contributed by atoms with Gasteiger partial charge in [-0.3, -0.25) is 19.0 Å². The zero-order valence-electron chi connectivity index (χ0n) is 15.0. The van der Waals surface area contributed by atoms with Crippen LogP contribution in [0.2, 0.25) is 0 Å². The van der Waals surface area contributed by atoms with Gasteiger partial charge >= 0.3 is 11.7 Å². The molecular formula is C18H21N3O6. The van der Waals surface area contributed by atoms with Gasteiger partial charge in [-0.25, -0.2) is 4.79 Å². The maximum atomic E-state index is 12.7. The minimum atomic E-state index is -0.673. The SMILES string of the molecule is CCOC(=O)C1CCN(C(=O)c2c[nH]c(=O)n(Cc3ccco3)c2=O)CC1. The number of furan rings is 1. The topological polar surface area (TPSA) is 115 Å². The molecule has 0 unspecified atom stereocenters. The lowest BCUT2D eigenvalue weighted by atomic mass is 9.96. The second-order valence-electron chi connectivity index (χ2n) is 6.30. The Labute approximate surface area is 154 Å². The number of nitrogens with zero attached hydrogens (tertiary/aromatic N) is 2. The molecule has 9 nitrogen and oxygen atoms in total. The summed E-state index contributed by atoms with van der Waals surface area (Å²) >= 11 is 0. The summed E-state index contributed by atoms with van der Waals surface area (Å²) in [6.07, 6.45) is 3.54. The Morgan fingerprint density at radius 2 is 2.04 bits per heavy atom. The standard InChI is InChI=1S/C18H21N3O6/c1-2-26-17(24)12-5-7-20(8-6-12)15(22)14-10-19-18(25)21(16(14)23)11-13-4-3-9-27-13/h3-4,9-10,12H,2,5-8,11H2,1H3,(H,19,25). The molecule has 2 aromatic heterocycles. The minimum Gasteiger partial charge on any atom is -0.467 e. The molecule has 1 amide bonds. The molecule has 1 fully saturated rings. The van der Waals surface area contributed by atoms with E-state index >= 15 is 0 Å². The number of aromatic amines is 1. The van der Waals surface area contributed by atoms with E-state index in [2.05, 4.69) is 4.98 Å². The van der Waals surface area contributed by atoms with Crippen LogP contribution in [-0.4, -0.2) is 46.0 Å². The van der Waals surface area contributed by atoms with E-state index in [1.54, 1.807) is 19.1 Å². The summed E-state index contributed by atoms with van der Waals surface area (Å²) in [5.41, 5.74) is -1.41. The van der Waals surface area contributed by atoms with Gasteiger partial charge in [-0.05, 0) is 31.9 Å². The summed E-state index contributed by atoms with van der Waals surface area (Å²) in [6, 6.07) is 3.29. The summed E-state index contributed by atoms with van der Waals surface area (Å²) < 4.78 is 11.1. The Morgan fingerprint density at radius 1 is 1.30 bits per heavy atom. The van der Waals surface area contributed by atoms with Crippen LogP contribution in [0.15, 0.2) is 38.6 Å². The number of piperidine rings is 1. The number of esters is 1. The molecule has 0 aromatic carbocycles. The van der Waals surface area contributed by atoms with Crippen molar-refractivity contribution in [2.75, 3.05) is 19.7 Å². The number of carbonyl (C=O) groups excluding carboxylic acids is 2. The normalized spacial score (nSPS) is 14.9. The number of ether oxygens (including phenoxy) is 1. The van der Waals surface area contributed by atoms with Gasteiger partial charge in [0.25, 0.3) is 11.5 Å². The summed E-state index contributed by atoms with van der Waals surface area (Å²) in [4.78, 5) is 53.1. The number of H-pyrrole nitrogens is 1. The fourth-order valence-corrected chi connectivity index (χ4v) is 3.12. The Hall–Kier alpha value is -3.10. The molecule has 0 radical (unpaired) electrons. The number of aromatic nitrogens is 2. The van der Waals surface area contributed by atoms with E-state index in [9.17, 15) is 19.2 Å². The predicted octanol–water partition coefficient (Wildman–Crippen LogP) is 0.593. The molecule has 1 aliphatic heterocycles. The highest BCUT2D eigenvalue weighted by Gasteiger charge is 2.30. The first-order chi connectivity index (χ1) is 13.0. The summed E-state index contributed by atoms with van der Waals surface area (Å²) in [5, 5.41) is 0. The van der Waals surface area contributed by atoms with Crippen molar-refractivity contribution in [1.82, 2.24) is 14.5 Å². The molecule has 1 aliphatic rings. The molecule has 9 heteroatoms. The Kier molecular flexibility index (Phi) is 5.58. The van der Waals surface area contributed by atoms with Crippen molar-refractivity contribution < 1.29 is 18.7 Å². The molecule has 0 atom stereocenters. The van der Waals surface area contributed by atoms with E-state index in [1.165, 1.54) is 11.2 Å². The maximum absolute atomic E-state index is 12.7. The van der Waals surface area contributed by atoms with Crippen molar-refractivity contribution in [1.29, 1.82) is 0 Å². The number of hydrogen-bond acceptors (Lipinski definition) is 6. The third-order valence-electron chi connectivity index (χ3n) is 4.59. The van der Waals surface area contributed by atoms with Gasteiger partial charge in [-0.2, -0.15) is 0 Å². The highest BCUT2D eigenvalue weighted by Crippen LogP contribution is 2.19. The molecule has 0 aliphatic carbocycles. The first-order valence-electron chi connectivity index (χ1n) is 8.82. The van der Waals surface area contributed by atoms with Crippen LogP contribution in [-0.2, 0) is 16.1 Å². The average Bonchev–Trinajstić information content (AvgIpc) is 3.18. The van der Waals surface area contributed by atoms with Gasteiger partial charge in [0.2, 0.25) is 0 Å². The molecule has 1 N–H and O–H groups in total. The lowest BCUT2D eigenvalue weighted by Gasteiger charge is -2.30. The van der Waals surface area contributed by atoms with Gasteiger partial charge in [-0.1, -0.05) is 0 Å². The zero-order chi connectivity index (χ0) is 19.4. The van der Waals surface area contributed by atoms with Crippen LogP contribution in [0.5, 0.6) is 0 Å². The predicted molar refractivity (Wildman–Crippen MR) is 94.4 cm³/mol. The largest absolute Gasteiger partial charge is 0.467 e. The molecular weight excluding hydrogens is 354 g/mol. The first kappa shape index (κ1) is 18.7. The second kappa shape index (κ2) is 8.07. The highest BCUT2D eigenvalue weighted by atomic mass is 16.5. The number of likely N-dealkylation sites (tertiary alicyclic amines) is 1. The lowest BCUT2D eigenvalue weighted by Crippen LogP contribution is -2.45. The highest BCUT2D eigenvalue weighted by molar-refractivity contribution is 5.93. The van der Waals surface area contributed by atoms with Crippen LogP contribution >= 0.6 is 0 Å². The average molecular weight is 375 g/mol. The monoisotopic (exact) mass is 375 g/mol. The van der Waals surface area contributed by atoms with Crippen molar-refractivity contribution in [3.8, 4) is 0 Å². The smallest absolute Gasteiger partial charge is 0.328 e. The van der Waals surface area contributed by atoms with E-state index in [-0.39, 0.29) is 24.0 Å². The third-order valence-corrected chi connectivity index (χ3v) is 4.59. The van der Waals surface area contributed by atoms with Gasteiger partial charge in [-0.15, -0.1) is 0 Å². The van der Waals surface area contributed by atoms with Gasteiger partial charge in [0.15, 0.2) is 0 Å². The Morgan fingerprint density at radius 3 is 2.67 bits per heavy atom. The fraction of sp³-hybridized carbons (Fsp3) is 0.444. The van der Waals surface area contributed by atoms with Crippen molar-refractivity contribution >= 4 is 11.9 Å². The summed E-state index contributed by atoms with van der Waals surface area (Å²) in [6.45, 7) is 2.70. The number of amides is 1. The van der Waals surface area contributed by atoms with Gasteiger partial charge < -0.3 is 19.0 Å². The van der Waals surface area contributed by atoms with E-state index in [1.807, 2.05) is 0 Å². The van der Waals surface area contributed by atoms with Crippen LogP contribution in [0, 0.1) is 5.92 Å². The van der Waals surface area contributed by atoms with Gasteiger partial charge in [0.05, 0.1) is 25.3 Å². The molecule has 3 rings (SSSR count). The van der Waals surface area contributed by atoms with Gasteiger partial charge in [0, 0.05) is 19.3 Å². The van der Waals surface area contributed by atoms with Crippen LogP contribution in [0.3, 0.4) is 0 Å². The lowest BCUT2D eigenvalue weighted by molar-refractivity contribution is -0.149. The first-order valence-corrected chi connectivity index (χ1v) is 8.82. The molecule has 0 saturated carbocycles. The van der Waals surface area contributed by atoms with E-state index < -0.39 is 17.2 Å². The van der Waals surface area contributed by atoms with Crippen LogP contribution in [0.4, 0.5) is 0 Å². The summed E-state index contributed by atoms with van der Waals surface area (Å²) in [7, 11) is 0. The molecule has 1 saturated heterocycles. The summed E-state index contributed by atoms with van der Waals surface area (Å²) in [5.74, 6) is -0.524. The van der Waals surface area contributed by atoms with E-state index in [4.69, 9.17) is 9.15 Å². The third kappa shape index (κ3) is 4.02. The van der Waals surface area contributed by atoms with Crippen molar-refractivity contribution in [2.24, 2.45) is 5.92 Å². The Balaban J connectivity index is 1.75. The van der Waals surface area contributed by atoms with Crippen molar-refractivity contribution in [3.05, 3.63) is 56.8 Å². The van der Waals surface area contributed by atoms with Crippen LogP contribution in [0.25, 0.3) is 0 Å². The molecule has 0 bridgehead atoms. The van der Waals surface area contributed by atoms with Crippen molar-refractivity contribution in [2.45, 2.75) is 26.3 Å². The Bertz CT molecular complexity index is 919. The number of carbonyl (C=O) groups is 2. The zero-order valence-corrected chi connectivity index (χ0v) is 15.0. The molecule has 0 spiro atoms. The molecule has 144 valence electrons. The molecule has 27 heavy (non-hydrogen) atoms. The quantitative estimate of drug-likeness (QED) is 0.765.